The molecule has 4 heteroatoms. The fourth-order valence-electron chi connectivity index (χ4n) is 2.16. The van der Waals surface area contributed by atoms with Gasteiger partial charge in [-0.15, -0.1) is 0 Å². The Morgan fingerprint density at radius 2 is 1.73 bits per heavy atom. The number of hydrogen-bond acceptors (Lipinski definition) is 3. The molecule has 0 unspecified atom stereocenters. The number of aryl methyl sites for hydroxylation is 2. The summed E-state index contributed by atoms with van der Waals surface area (Å²) in [4.78, 5) is 13.4. The van der Waals surface area contributed by atoms with Gasteiger partial charge in [0.1, 0.15) is 17.5 Å². The molecule has 0 saturated heterocycles. The predicted octanol–water partition coefficient (Wildman–Crippen LogP) is 4.23. The second kappa shape index (κ2) is 7.50. The standard InChI is InChI=1S/C16H16N4.C2H6/c1-3-14-17-10-9-15(19-14)20-11-12(2)18-16(20)13-7-5-4-6-8-13;1-2/h4-11H,3H2,1-2H3;1-2H3. The summed E-state index contributed by atoms with van der Waals surface area (Å²) in [6.45, 7) is 8.04. The van der Waals surface area contributed by atoms with Crippen LogP contribution >= 0.6 is 0 Å². The average Bonchev–Trinajstić information content (AvgIpc) is 2.99. The van der Waals surface area contributed by atoms with Crippen LogP contribution in [-0.4, -0.2) is 19.5 Å². The molecule has 0 aliphatic rings. The van der Waals surface area contributed by atoms with Gasteiger partial charge in [-0.1, -0.05) is 51.1 Å². The highest BCUT2D eigenvalue weighted by molar-refractivity contribution is 5.58. The Hall–Kier alpha value is -2.49. The van der Waals surface area contributed by atoms with Crippen molar-refractivity contribution in [3.8, 4) is 17.2 Å². The van der Waals surface area contributed by atoms with Crippen molar-refractivity contribution in [3.63, 3.8) is 0 Å². The van der Waals surface area contributed by atoms with Crippen LogP contribution in [0.15, 0.2) is 48.8 Å². The molecule has 0 aliphatic heterocycles. The first-order valence-corrected chi connectivity index (χ1v) is 7.71. The van der Waals surface area contributed by atoms with Gasteiger partial charge in [-0.25, -0.2) is 15.0 Å². The van der Waals surface area contributed by atoms with Crippen LogP contribution < -0.4 is 0 Å². The molecule has 0 fully saturated rings. The first kappa shape index (κ1) is 15.9. The van der Waals surface area contributed by atoms with Crippen molar-refractivity contribution in [2.75, 3.05) is 0 Å². The van der Waals surface area contributed by atoms with Gasteiger partial charge in [-0.2, -0.15) is 0 Å². The average molecular weight is 294 g/mol. The zero-order valence-electron chi connectivity index (χ0n) is 13.6. The van der Waals surface area contributed by atoms with Crippen LogP contribution in [0.5, 0.6) is 0 Å². The second-order valence-electron chi connectivity index (χ2n) is 4.63. The molecule has 0 radical (unpaired) electrons. The van der Waals surface area contributed by atoms with Gasteiger partial charge in [0, 0.05) is 24.4 Å². The topological polar surface area (TPSA) is 43.6 Å². The predicted molar refractivity (Wildman–Crippen MR) is 90.1 cm³/mol. The third-order valence-corrected chi connectivity index (χ3v) is 3.11. The van der Waals surface area contributed by atoms with E-state index in [1.807, 2.05) is 55.8 Å². The highest BCUT2D eigenvalue weighted by Gasteiger charge is 2.11. The van der Waals surface area contributed by atoms with Gasteiger partial charge in [0.2, 0.25) is 0 Å². The molecule has 0 aliphatic carbocycles. The van der Waals surface area contributed by atoms with Crippen LogP contribution in [0.25, 0.3) is 17.2 Å². The normalized spacial score (nSPS) is 10.0. The number of nitrogens with zero attached hydrogens (tertiary/aromatic N) is 4. The fraction of sp³-hybridized carbons (Fsp3) is 0.278. The van der Waals surface area contributed by atoms with Crippen LogP contribution in [0.4, 0.5) is 0 Å². The van der Waals surface area contributed by atoms with Crippen LogP contribution in [0.1, 0.15) is 32.3 Å². The monoisotopic (exact) mass is 294 g/mol. The summed E-state index contributed by atoms with van der Waals surface area (Å²) in [6, 6.07) is 12.1. The largest absolute Gasteiger partial charge is 0.283 e. The molecule has 3 rings (SSSR count). The van der Waals surface area contributed by atoms with E-state index in [-0.39, 0.29) is 0 Å². The van der Waals surface area contributed by atoms with Crippen molar-refractivity contribution in [2.24, 2.45) is 0 Å². The molecule has 2 aromatic heterocycles. The van der Waals surface area contributed by atoms with E-state index in [1.165, 1.54) is 0 Å². The zero-order chi connectivity index (χ0) is 15.9. The fourth-order valence-corrected chi connectivity index (χ4v) is 2.16. The lowest BCUT2D eigenvalue weighted by molar-refractivity contribution is 0.890. The molecule has 22 heavy (non-hydrogen) atoms. The lowest BCUT2D eigenvalue weighted by Gasteiger charge is -2.07. The Morgan fingerprint density at radius 3 is 2.41 bits per heavy atom. The SMILES string of the molecule is CC.CCc1nccc(-n2cc(C)nc2-c2ccccc2)n1. The van der Waals surface area contributed by atoms with Crippen molar-refractivity contribution in [3.05, 3.63) is 60.3 Å². The van der Waals surface area contributed by atoms with E-state index >= 15 is 0 Å². The molecule has 0 spiro atoms. The molecule has 0 atom stereocenters. The van der Waals surface area contributed by atoms with Crippen LogP contribution in [0.3, 0.4) is 0 Å². The molecule has 0 amide bonds. The van der Waals surface area contributed by atoms with Gasteiger partial charge in [0.25, 0.3) is 0 Å². The molecule has 0 bridgehead atoms. The summed E-state index contributed by atoms with van der Waals surface area (Å²) in [5, 5.41) is 0. The summed E-state index contributed by atoms with van der Waals surface area (Å²) in [7, 11) is 0. The molecule has 1 aromatic carbocycles. The Bertz CT molecular complexity index is 717. The first-order chi connectivity index (χ1) is 10.8. The molecule has 2 heterocycles. The number of benzene rings is 1. The van der Waals surface area contributed by atoms with E-state index in [0.717, 1.165) is 35.1 Å². The number of rotatable bonds is 3. The molecular formula is C18H22N4. The minimum absolute atomic E-state index is 0.822. The Kier molecular flexibility index (Phi) is 5.42. The quantitative estimate of drug-likeness (QED) is 0.726. The highest BCUT2D eigenvalue weighted by Crippen LogP contribution is 2.21. The van der Waals surface area contributed by atoms with Gasteiger partial charge < -0.3 is 0 Å². The summed E-state index contributed by atoms with van der Waals surface area (Å²) in [6.07, 6.45) is 4.62. The van der Waals surface area contributed by atoms with Gasteiger partial charge >= 0.3 is 0 Å². The molecule has 0 saturated carbocycles. The van der Waals surface area contributed by atoms with E-state index in [2.05, 4.69) is 34.0 Å². The van der Waals surface area contributed by atoms with Gasteiger partial charge in [-0.05, 0) is 13.0 Å². The van der Waals surface area contributed by atoms with E-state index < -0.39 is 0 Å². The van der Waals surface area contributed by atoms with Crippen molar-refractivity contribution >= 4 is 0 Å². The van der Waals surface area contributed by atoms with Crippen molar-refractivity contribution in [1.82, 2.24) is 19.5 Å². The lowest BCUT2D eigenvalue weighted by atomic mass is 10.2. The summed E-state index contributed by atoms with van der Waals surface area (Å²) in [5.41, 5.74) is 2.05. The van der Waals surface area contributed by atoms with E-state index in [4.69, 9.17) is 0 Å². The van der Waals surface area contributed by atoms with Gasteiger partial charge in [0.15, 0.2) is 0 Å². The number of hydrogen-bond donors (Lipinski definition) is 0. The van der Waals surface area contributed by atoms with E-state index in [1.54, 1.807) is 6.20 Å². The summed E-state index contributed by atoms with van der Waals surface area (Å²) in [5.74, 6) is 2.60. The molecule has 114 valence electrons. The molecular weight excluding hydrogens is 272 g/mol. The minimum Gasteiger partial charge on any atom is -0.283 e. The zero-order valence-corrected chi connectivity index (χ0v) is 13.6. The van der Waals surface area contributed by atoms with Crippen LogP contribution in [0, 0.1) is 6.92 Å². The Labute approximate surface area is 131 Å². The Morgan fingerprint density at radius 1 is 1.00 bits per heavy atom. The summed E-state index contributed by atoms with van der Waals surface area (Å²) >= 11 is 0. The molecule has 0 N–H and O–H groups in total. The maximum absolute atomic E-state index is 4.62. The summed E-state index contributed by atoms with van der Waals surface area (Å²) < 4.78 is 2.02. The maximum Gasteiger partial charge on any atom is 0.145 e. The van der Waals surface area contributed by atoms with Crippen LogP contribution in [0.2, 0.25) is 0 Å². The van der Waals surface area contributed by atoms with E-state index in [0.29, 0.717) is 0 Å². The lowest BCUT2D eigenvalue weighted by Crippen LogP contribution is -2.02. The van der Waals surface area contributed by atoms with Crippen molar-refractivity contribution < 1.29 is 0 Å². The second-order valence-corrected chi connectivity index (χ2v) is 4.63. The third-order valence-electron chi connectivity index (χ3n) is 3.11. The number of imidazole rings is 1. The van der Waals surface area contributed by atoms with Gasteiger partial charge in [0.05, 0.1) is 5.69 Å². The smallest absolute Gasteiger partial charge is 0.145 e. The third kappa shape index (κ3) is 3.39. The first-order valence-electron chi connectivity index (χ1n) is 7.71. The molecule has 3 aromatic rings. The van der Waals surface area contributed by atoms with Crippen LogP contribution in [-0.2, 0) is 6.42 Å². The van der Waals surface area contributed by atoms with Crippen molar-refractivity contribution in [2.45, 2.75) is 34.1 Å². The Balaban J connectivity index is 0.000000847. The van der Waals surface area contributed by atoms with Crippen molar-refractivity contribution in [1.29, 1.82) is 0 Å². The maximum atomic E-state index is 4.62. The minimum atomic E-state index is 0.822. The van der Waals surface area contributed by atoms with Gasteiger partial charge in [-0.3, -0.25) is 4.57 Å². The number of aromatic nitrogens is 4. The molecule has 4 nitrogen and oxygen atoms in total. The highest BCUT2D eigenvalue weighted by atomic mass is 15.1. The van der Waals surface area contributed by atoms with E-state index in [9.17, 15) is 0 Å².